The van der Waals surface area contributed by atoms with Gasteiger partial charge in [0.05, 0.1) is 13.0 Å². The number of hydrogen-bond acceptors (Lipinski definition) is 3. The van der Waals surface area contributed by atoms with Crippen LogP contribution in [0.5, 0.6) is 0 Å². The molecule has 0 radical (unpaired) electrons. The number of hydroxylamine groups is 2. The zero-order chi connectivity index (χ0) is 10.7. The van der Waals surface area contributed by atoms with Gasteiger partial charge in [0.15, 0.2) is 0 Å². The number of aldehydes is 1. The average molecular weight is 211 g/mol. The van der Waals surface area contributed by atoms with Crippen molar-refractivity contribution in [1.29, 1.82) is 0 Å². The van der Waals surface area contributed by atoms with Gasteiger partial charge < -0.3 is 4.79 Å². The molecule has 0 atom stereocenters. The van der Waals surface area contributed by atoms with E-state index in [1.807, 2.05) is 0 Å². The van der Waals surface area contributed by atoms with Gasteiger partial charge in [0.25, 0.3) is 0 Å². The standard InChI is InChI=1S/C11H17NO3/c13-8-4-7-12-10(14)9-11(15-12)5-2-1-3-6-11/h8H,1-7,9H2. The predicted octanol–water partition coefficient (Wildman–Crippen LogP) is 1.44. The Morgan fingerprint density at radius 3 is 2.73 bits per heavy atom. The van der Waals surface area contributed by atoms with Gasteiger partial charge >= 0.3 is 0 Å². The van der Waals surface area contributed by atoms with Gasteiger partial charge in [-0.25, -0.2) is 5.06 Å². The molecule has 0 N–H and O–H groups in total. The van der Waals surface area contributed by atoms with Crippen LogP contribution < -0.4 is 0 Å². The van der Waals surface area contributed by atoms with E-state index in [4.69, 9.17) is 4.84 Å². The molecule has 1 aliphatic carbocycles. The van der Waals surface area contributed by atoms with Crippen molar-refractivity contribution in [2.24, 2.45) is 0 Å². The quantitative estimate of drug-likeness (QED) is 0.664. The molecule has 0 aromatic carbocycles. The van der Waals surface area contributed by atoms with Gasteiger partial charge in [0.2, 0.25) is 5.91 Å². The third-order valence-electron chi connectivity index (χ3n) is 3.27. The summed E-state index contributed by atoms with van der Waals surface area (Å²) in [6, 6.07) is 0. The number of carbonyl (C=O) groups excluding carboxylic acids is 2. The molecule has 1 amide bonds. The fraction of sp³-hybridized carbons (Fsp3) is 0.818. The van der Waals surface area contributed by atoms with E-state index in [0.29, 0.717) is 19.4 Å². The van der Waals surface area contributed by atoms with Crippen LogP contribution in [0.15, 0.2) is 0 Å². The Morgan fingerprint density at radius 2 is 2.07 bits per heavy atom. The molecule has 4 nitrogen and oxygen atoms in total. The minimum absolute atomic E-state index is 0.0405. The van der Waals surface area contributed by atoms with Crippen molar-refractivity contribution in [2.45, 2.75) is 50.5 Å². The molecule has 4 heteroatoms. The molecule has 0 aromatic rings. The number of carbonyl (C=O) groups is 2. The zero-order valence-corrected chi connectivity index (χ0v) is 8.91. The molecule has 0 bridgehead atoms. The van der Waals surface area contributed by atoms with E-state index < -0.39 is 0 Å². The third-order valence-corrected chi connectivity index (χ3v) is 3.27. The molecule has 2 rings (SSSR count). The van der Waals surface area contributed by atoms with Gasteiger partial charge in [-0.3, -0.25) is 9.63 Å². The molecule has 1 saturated heterocycles. The maximum Gasteiger partial charge on any atom is 0.249 e. The summed E-state index contributed by atoms with van der Waals surface area (Å²) >= 11 is 0. The Labute approximate surface area is 89.5 Å². The molecule has 2 fully saturated rings. The van der Waals surface area contributed by atoms with Crippen LogP contribution in [0.2, 0.25) is 0 Å². The van der Waals surface area contributed by atoms with Crippen molar-refractivity contribution >= 4 is 12.2 Å². The number of nitrogens with zero attached hydrogens (tertiary/aromatic N) is 1. The molecule has 1 heterocycles. The van der Waals surface area contributed by atoms with Crippen LogP contribution in [-0.4, -0.2) is 29.4 Å². The molecule has 0 aromatic heterocycles. The Balaban J connectivity index is 1.95. The SMILES string of the molecule is O=CCCN1OC2(CCCCC2)CC1=O. The summed E-state index contributed by atoms with van der Waals surface area (Å²) in [5.74, 6) is 0.0405. The van der Waals surface area contributed by atoms with E-state index in [1.54, 1.807) is 0 Å². The van der Waals surface area contributed by atoms with Crippen LogP contribution >= 0.6 is 0 Å². The Hall–Kier alpha value is -0.900. The lowest BCUT2D eigenvalue weighted by Crippen LogP contribution is -2.33. The highest BCUT2D eigenvalue weighted by Gasteiger charge is 2.45. The lowest BCUT2D eigenvalue weighted by molar-refractivity contribution is -0.206. The third kappa shape index (κ3) is 2.20. The highest BCUT2D eigenvalue weighted by molar-refractivity contribution is 5.78. The van der Waals surface area contributed by atoms with Crippen molar-refractivity contribution in [3.05, 3.63) is 0 Å². The van der Waals surface area contributed by atoms with Crippen molar-refractivity contribution in [3.63, 3.8) is 0 Å². The van der Waals surface area contributed by atoms with Gasteiger partial charge in [0.1, 0.15) is 11.9 Å². The number of rotatable bonds is 3. The Morgan fingerprint density at radius 1 is 1.33 bits per heavy atom. The Bertz CT molecular complexity index is 259. The molecule has 0 unspecified atom stereocenters. The average Bonchev–Trinajstić information content (AvgIpc) is 2.53. The van der Waals surface area contributed by atoms with Crippen LogP contribution in [0, 0.1) is 0 Å². The van der Waals surface area contributed by atoms with Gasteiger partial charge in [-0.1, -0.05) is 19.3 Å². The van der Waals surface area contributed by atoms with E-state index >= 15 is 0 Å². The molecule has 1 saturated carbocycles. The van der Waals surface area contributed by atoms with Crippen molar-refractivity contribution in [3.8, 4) is 0 Å². The lowest BCUT2D eigenvalue weighted by atomic mass is 9.83. The summed E-state index contributed by atoms with van der Waals surface area (Å²) in [5, 5.41) is 1.39. The van der Waals surface area contributed by atoms with E-state index in [1.165, 1.54) is 11.5 Å². The van der Waals surface area contributed by atoms with Crippen LogP contribution in [0.3, 0.4) is 0 Å². The molecular weight excluding hydrogens is 194 g/mol. The summed E-state index contributed by atoms with van der Waals surface area (Å²) in [6.45, 7) is 0.407. The van der Waals surface area contributed by atoms with Gasteiger partial charge in [0, 0.05) is 6.42 Å². The van der Waals surface area contributed by atoms with Crippen molar-refractivity contribution in [2.75, 3.05) is 6.54 Å². The summed E-state index contributed by atoms with van der Waals surface area (Å²) in [7, 11) is 0. The fourth-order valence-electron chi connectivity index (χ4n) is 2.49. The van der Waals surface area contributed by atoms with Crippen molar-refractivity contribution in [1.82, 2.24) is 5.06 Å². The first-order valence-corrected chi connectivity index (χ1v) is 5.69. The van der Waals surface area contributed by atoms with Gasteiger partial charge in [-0.15, -0.1) is 0 Å². The number of hydrogen-bond donors (Lipinski definition) is 0. The first kappa shape index (κ1) is 10.6. The zero-order valence-electron chi connectivity index (χ0n) is 8.91. The second-order valence-corrected chi connectivity index (χ2v) is 4.46. The molecule has 2 aliphatic rings. The molecular formula is C11H17NO3. The molecule has 1 spiro atoms. The maximum atomic E-state index is 11.6. The summed E-state index contributed by atoms with van der Waals surface area (Å²) in [5.41, 5.74) is -0.224. The molecule has 84 valence electrons. The first-order chi connectivity index (χ1) is 7.26. The summed E-state index contributed by atoms with van der Waals surface area (Å²) in [4.78, 5) is 27.6. The van der Waals surface area contributed by atoms with Crippen LogP contribution in [0.1, 0.15) is 44.9 Å². The largest absolute Gasteiger partial charge is 0.303 e. The van der Waals surface area contributed by atoms with Crippen molar-refractivity contribution < 1.29 is 14.4 Å². The Kier molecular flexibility index (Phi) is 3.05. The monoisotopic (exact) mass is 211 g/mol. The minimum Gasteiger partial charge on any atom is -0.303 e. The second-order valence-electron chi connectivity index (χ2n) is 4.46. The summed E-state index contributed by atoms with van der Waals surface area (Å²) in [6.07, 6.45) is 7.19. The van der Waals surface area contributed by atoms with E-state index in [2.05, 4.69) is 0 Å². The van der Waals surface area contributed by atoms with Crippen LogP contribution in [0.25, 0.3) is 0 Å². The lowest BCUT2D eigenvalue weighted by Gasteiger charge is -2.31. The highest BCUT2D eigenvalue weighted by atomic mass is 16.7. The normalized spacial score (nSPS) is 24.8. The molecule has 1 aliphatic heterocycles. The topological polar surface area (TPSA) is 46.6 Å². The smallest absolute Gasteiger partial charge is 0.249 e. The van der Waals surface area contributed by atoms with Gasteiger partial charge in [-0.2, -0.15) is 0 Å². The maximum absolute atomic E-state index is 11.6. The number of amides is 1. The first-order valence-electron chi connectivity index (χ1n) is 5.69. The molecule has 15 heavy (non-hydrogen) atoms. The van der Waals surface area contributed by atoms with Crippen LogP contribution in [-0.2, 0) is 14.4 Å². The highest BCUT2D eigenvalue weighted by Crippen LogP contribution is 2.39. The van der Waals surface area contributed by atoms with Gasteiger partial charge in [-0.05, 0) is 12.8 Å². The minimum atomic E-state index is -0.224. The van der Waals surface area contributed by atoms with E-state index in [-0.39, 0.29) is 11.5 Å². The van der Waals surface area contributed by atoms with E-state index in [0.717, 1.165) is 32.0 Å². The second kappa shape index (κ2) is 4.31. The fourth-order valence-corrected chi connectivity index (χ4v) is 2.49. The van der Waals surface area contributed by atoms with Crippen LogP contribution in [0.4, 0.5) is 0 Å². The predicted molar refractivity (Wildman–Crippen MR) is 53.9 cm³/mol. The van der Waals surface area contributed by atoms with E-state index in [9.17, 15) is 9.59 Å². The summed E-state index contributed by atoms with van der Waals surface area (Å²) < 4.78 is 0.